The van der Waals surface area contributed by atoms with E-state index >= 15 is 0 Å². The third kappa shape index (κ3) is 2.50. The first kappa shape index (κ1) is 21.1. The number of aliphatic carboxylic acids is 1. The maximum absolute atomic E-state index is 13.0. The molecule has 4 aliphatic carbocycles. The van der Waals surface area contributed by atoms with Gasteiger partial charge in [0.05, 0.1) is 24.7 Å². The molecule has 0 aromatic carbocycles. The molecule has 0 bridgehead atoms. The Hall–Kier alpha value is -1.73. The topological polar surface area (TPSA) is 113 Å². The lowest BCUT2D eigenvalue weighted by molar-refractivity contribution is -0.163. The van der Waals surface area contributed by atoms with E-state index in [-0.39, 0.29) is 47.9 Å². The van der Waals surface area contributed by atoms with E-state index < -0.39 is 28.5 Å². The molecule has 1 spiro atoms. The van der Waals surface area contributed by atoms with Crippen molar-refractivity contribution in [1.29, 1.82) is 0 Å². The predicted molar refractivity (Wildman–Crippen MR) is 109 cm³/mol. The average molecular weight is 433 g/mol. The van der Waals surface area contributed by atoms with E-state index in [9.17, 15) is 24.6 Å². The maximum Gasteiger partial charge on any atom is 0.309 e. The van der Waals surface area contributed by atoms with Gasteiger partial charge in [0, 0.05) is 29.6 Å². The molecule has 170 valence electrons. The summed E-state index contributed by atoms with van der Waals surface area (Å²) in [6, 6.07) is 0. The van der Waals surface area contributed by atoms with Crippen LogP contribution in [-0.2, 0) is 23.9 Å². The first-order valence-corrected chi connectivity index (χ1v) is 11.5. The fraction of sp³-hybridized carbons (Fsp3) is 0.792. The fourth-order valence-electron chi connectivity index (χ4n) is 8.22. The second-order valence-corrected chi connectivity index (χ2v) is 10.9. The molecule has 7 nitrogen and oxygen atoms in total. The number of carbonyl (C=O) groups is 3. The first-order chi connectivity index (χ1) is 14.5. The van der Waals surface area contributed by atoms with Gasteiger partial charge in [-0.05, 0) is 50.5 Å². The van der Waals surface area contributed by atoms with Gasteiger partial charge in [-0.2, -0.15) is 0 Å². The smallest absolute Gasteiger partial charge is 0.309 e. The van der Waals surface area contributed by atoms with Crippen LogP contribution in [0.25, 0.3) is 0 Å². The van der Waals surface area contributed by atoms with Crippen LogP contribution in [0, 0.1) is 28.6 Å². The number of epoxide rings is 1. The molecule has 1 saturated heterocycles. The number of carboxylic acid groups (broad SMARTS) is 1. The minimum absolute atomic E-state index is 0.0325. The van der Waals surface area contributed by atoms with Gasteiger partial charge in [-0.1, -0.05) is 19.4 Å². The Morgan fingerprint density at radius 2 is 2.03 bits per heavy atom. The van der Waals surface area contributed by atoms with E-state index in [1.807, 2.05) is 0 Å². The van der Waals surface area contributed by atoms with Gasteiger partial charge in [0.2, 0.25) is 0 Å². The van der Waals surface area contributed by atoms with Crippen molar-refractivity contribution < 1.29 is 34.1 Å². The molecule has 31 heavy (non-hydrogen) atoms. The monoisotopic (exact) mass is 432 g/mol. The molecule has 3 saturated carbocycles. The van der Waals surface area contributed by atoms with E-state index in [0.29, 0.717) is 32.1 Å². The molecule has 1 aliphatic heterocycles. The summed E-state index contributed by atoms with van der Waals surface area (Å²) in [7, 11) is 1.40. The Balaban J connectivity index is 1.59. The van der Waals surface area contributed by atoms with Gasteiger partial charge in [-0.3, -0.25) is 14.4 Å². The van der Waals surface area contributed by atoms with Crippen LogP contribution in [0.4, 0.5) is 0 Å². The number of ether oxygens (including phenoxy) is 2. The number of ketones is 1. The summed E-state index contributed by atoms with van der Waals surface area (Å²) in [4.78, 5) is 36.4. The standard InChI is InChI=1S/C24H32O7/c1-21-7-4-14(25)10-13(21)11-15(20(28)30-3)19-16-5-8-23(29,9-6-18(26)27)22(16,2)12-17-24(19,21)31-17/h10,15-17,19,29H,4-9,11-12H2,1-3H3,(H,26,27). The van der Waals surface area contributed by atoms with Crippen LogP contribution in [0.15, 0.2) is 11.6 Å². The van der Waals surface area contributed by atoms with E-state index in [0.717, 1.165) is 12.0 Å². The van der Waals surface area contributed by atoms with Crippen LogP contribution in [0.2, 0.25) is 0 Å². The molecule has 2 N–H and O–H groups in total. The number of carboxylic acids is 1. The van der Waals surface area contributed by atoms with Gasteiger partial charge >= 0.3 is 11.9 Å². The Bertz CT molecular complexity index is 894. The number of fused-ring (bicyclic) bond motifs is 3. The molecule has 0 radical (unpaired) electrons. The van der Waals surface area contributed by atoms with Crippen molar-refractivity contribution in [2.75, 3.05) is 7.11 Å². The molecule has 8 atom stereocenters. The summed E-state index contributed by atoms with van der Waals surface area (Å²) < 4.78 is 11.7. The lowest BCUT2D eigenvalue weighted by Gasteiger charge is -2.58. The normalized spacial score (nSPS) is 49.8. The molecule has 1 heterocycles. The fourth-order valence-corrected chi connectivity index (χ4v) is 8.22. The zero-order valence-electron chi connectivity index (χ0n) is 18.5. The number of aliphatic hydroxyl groups is 1. The van der Waals surface area contributed by atoms with E-state index in [4.69, 9.17) is 9.47 Å². The lowest BCUT2D eigenvalue weighted by Crippen LogP contribution is -2.63. The highest BCUT2D eigenvalue weighted by molar-refractivity contribution is 5.92. The van der Waals surface area contributed by atoms with Crippen molar-refractivity contribution in [1.82, 2.24) is 0 Å². The highest BCUT2D eigenvalue weighted by Crippen LogP contribution is 2.77. The van der Waals surface area contributed by atoms with Crippen LogP contribution in [0.5, 0.6) is 0 Å². The van der Waals surface area contributed by atoms with E-state index in [2.05, 4.69) is 13.8 Å². The summed E-state index contributed by atoms with van der Waals surface area (Å²) in [5.74, 6) is -1.60. The van der Waals surface area contributed by atoms with Gasteiger partial charge in [0.1, 0.15) is 5.60 Å². The molecule has 5 aliphatic rings. The van der Waals surface area contributed by atoms with E-state index in [1.165, 1.54) is 7.11 Å². The minimum atomic E-state index is -1.09. The molecular formula is C24H32O7. The van der Waals surface area contributed by atoms with Crippen molar-refractivity contribution in [3.05, 3.63) is 11.6 Å². The van der Waals surface area contributed by atoms with Crippen LogP contribution in [-0.4, -0.2) is 52.4 Å². The van der Waals surface area contributed by atoms with Gasteiger partial charge in [0.15, 0.2) is 5.78 Å². The molecule has 0 aromatic heterocycles. The second-order valence-electron chi connectivity index (χ2n) is 10.9. The van der Waals surface area contributed by atoms with Crippen LogP contribution < -0.4 is 0 Å². The number of esters is 1. The van der Waals surface area contributed by atoms with Crippen molar-refractivity contribution in [2.45, 2.75) is 82.5 Å². The van der Waals surface area contributed by atoms with Crippen LogP contribution in [0.3, 0.4) is 0 Å². The average Bonchev–Trinajstić information content (AvgIpc) is 3.38. The first-order valence-electron chi connectivity index (χ1n) is 11.5. The van der Waals surface area contributed by atoms with Crippen LogP contribution >= 0.6 is 0 Å². The van der Waals surface area contributed by atoms with Crippen LogP contribution in [0.1, 0.15) is 65.2 Å². The summed E-state index contributed by atoms with van der Waals surface area (Å²) in [6.45, 7) is 4.24. The van der Waals surface area contributed by atoms with Crippen molar-refractivity contribution in [3.8, 4) is 0 Å². The zero-order valence-corrected chi connectivity index (χ0v) is 18.5. The number of methoxy groups -OCH3 is 1. The number of carbonyl (C=O) groups excluding carboxylic acids is 2. The van der Waals surface area contributed by atoms with Gasteiger partial charge in [0.25, 0.3) is 0 Å². The second kappa shape index (κ2) is 6.41. The molecular weight excluding hydrogens is 400 g/mol. The molecule has 0 amide bonds. The summed E-state index contributed by atoms with van der Waals surface area (Å²) in [5, 5.41) is 20.9. The SMILES string of the molecule is COC(=O)C1CC2=CC(=O)CCC2(C)C23OC2CC2(C)C(CCC2(O)CCC(=O)O)C13. The number of rotatable bonds is 4. The number of hydrogen-bond donors (Lipinski definition) is 2. The number of hydrogen-bond acceptors (Lipinski definition) is 6. The summed E-state index contributed by atoms with van der Waals surface area (Å²) >= 11 is 0. The molecule has 8 unspecified atom stereocenters. The Morgan fingerprint density at radius 1 is 1.29 bits per heavy atom. The van der Waals surface area contributed by atoms with Crippen molar-refractivity contribution in [3.63, 3.8) is 0 Å². The Labute approximate surface area is 182 Å². The van der Waals surface area contributed by atoms with Gasteiger partial charge < -0.3 is 19.7 Å². The van der Waals surface area contributed by atoms with E-state index in [1.54, 1.807) is 6.08 Å². The lowest BCUT2D eigenvalue weighted by atomic mass is 9.43. The third-order valence-electron chi connectivity index (χ3n) is 9.95. The largest absolute Gasteiger partial charge is 0.481 e. The third-order valence-corrected chi connectivity index (χ3v) is 9.95. The Kier molecular flexibility index (Phi) is 4.37. The molecule has 5 rings (SSSR count). The molecule has 4 fully saturated rings. The van der Waals surface area contributed by atoms with Crippen molar-refractivity contribution >= 4 is 17.7 Å². The minimum Gasteiger partial charge on any atom is -0.481 e. The highest BCUT2D eigenvalue weighted by Gasteiger charge is 2.82. The summed E-state index contributed by atoms with van der Waals surface area (Å²) in [6.07, 6.45) is 5.35. The van der Waals surface area contributed by atoms with Crippen molar-refractivity contribution in [2.24, 2.45) is 28.6 Å². The molecule has 7 heteroatoms. The highest BCUT2D eigenvalue weighted by atomic mass is 16.6. The predicted octanol–water partition coefficient (Wildman–Crippen LogP) is 2.64. The quantitative estimate of drug-likeness (QED) is 0.519. The zero-order chi connectivity index (χ0) is 22.4. The maximum atomic E-state index is 13.0. The summed E-state index contributed by atoms with van der Waals surface area (Å²) in [5.41, 5.74) is -1.43. The Morgan fingerprint density at radius 3 is 2.71 bits per heavy atom. The van der Waals surface area contributed by atoms with Gasteiger partial charge in [-0.25, -0.2) is 0 Å². The molecule has 0 aromatic rings. The van der Waals surface area contributed by atoms with Gasteiger partial charge in [-0.15, -0.1) is 0 Å².